The summed E-state index contributed by atoms with van der Waals surface area (Å²) in [5.41, 5.74) is 2.41. The van der Waals surface area contributed by atoms with E-state index in [4.69, 9.17) is 24.5 Å². The van der Waals surface area contributed by atoms with Gasteiger partial charge in [-0.2, -0.15) is 0 Å². The molecular formula is C25H32FN3O5. The highest BCUT2D eigenvalue weighted by molar-refractivity contribution is 6.27. The van der Waals surface area contributed by atoms with Crippen LogP contribution in [0, 0.1) is 5.82 Å². The highest BCUT2D eigenvalue weighted by atomic mass is 19.1. The molecule has 0 spiro atoms. The zero-order valence-electron chi connectivity index (χ0n) is 19.4. The van der Waals surface area contributed by atoms with Gasteiger partial charge in [-0.15, -0.1) is 0 Å². The Bertz CT molecular complexity index is 928. The van der Waals surface area contributed by atoms with Gasteiger partial charge in [0.15, 0.2) is 0 Å². The number of piperazine rings is 1. The molecule has 0 bridgehead atoms. The van der Waals surface area contributed by atoms with Crippen molar-refractivity contribution < 1.29 is 28.9 Å². The Labute approximate surface area is 199 Å². The van der Waals surface area contributed by atoms with Gasteiger partial charge in [-0.1, -0.05) is 24.3 Å². The molecule has 0 amide bonds. The molecule has 0 aromatic heterocycles. The van der Waals surface area contributed by atoms with Crippen molar-refractivity contribution in [1.29, 1.82) is 0 Å². The molecule has 184 valence electrons. The lowest BCUT2D eigenvalue weighted by Crippen LogP contribution is -2.53. The Kier molecular flexibility index (Phi) is 9.24. The number of carbonyl (C=O) groups is 2. The van der Waals surface area contributed by atoms with Crippen molar-refractivity contribution in [2.24, 2.45) is 0 Å². The summed E-state index contributed by atoms with van der Waals surface area (Å²) in [6.07, 6.45) is 2.44. The average Bonchev–Trinajstić information content (AvgIpc) is 2.86. The summed E-state index contributed by atoms with van der Waals surface area (Å²) in [6.45, 7) is 7.49. The SMILES string of the molecule is COc1ccccc1N1CCN(C2CCN(Cc3ccc(F)cc3)CC2)CC1.O=C(O)C(=O)O. The van der Waals surface area contributed by atoms with Crippen LogP contribution in [0.5, 0.6) is 5.75 Å². The number of benzene rings is 2. The number of hydrogen-bond donors (Lipinski definition) is 2. The van der Waals surface area contributed by atoms with E-state index in [0.29, 0.717) is 6.04 Å². The number of nitrogens with zero attached hydrogens (tertiary/aromatic N) is 3. The molecule has 2 aromatic rings. The van der Waals surface area contributed by atoms with Gasteiger partial charge in [0.25, 0.3) is 0 Å². The predicted octanol–water partition coefficient (Wildman–Crippen LogP) is 2.78. The van der Waals surface area contributed by atoms with Gasteiger partial charge in [0.05, 0.1) is 12.8 Å². The zero-order valence-corrected chi connectivity index (χ0v) is 19.4. The van der Waals surface area contributed by atoms with Crippen LogP contribution in [-0.2, 0) is 16.1 Å². The Morgan fingerprint density at radius 3 is 2.06 bits per heavy atom. The van der Waals surface area contributed by atoms with Crippen molar-refractivity contribution in [3.63, 3.8) is 0 Å². The molecule has 2 aliphatic heterocycles. The van der Waals surface area contributed by atoms with Gasteiger partial charge in [0, 0.05) is 38.8 Å². The number of aliphatic carboxylic acids is 2. The molecule has 0 atom stereocenters. The largest absolute Gasteiger partial charge is 0.495 e. The molecule has 2 heterocycles. The number of methoxy groups -OCH3 is 1. The highest BCUT2D eigenvalue weighted by Gasteiger charge is 2.28. The summed E-state index contributed by atoms with van der Waals surface area (Å²) in [7, 11) is 1.74. The van der Waals surface area contributed by atoms with Crippen LogP contribution in [0.3, 0.4) is 0 Å². The minimum Gasteiger partial charge on any atom is -0.495 e. The number of rotatable bonds is 5. The number of carboxylic acids is 2. The average molecular weight is 474 g/mol. The number of halogens is 1. The topological polar surface area (TPSA) is 93.5 Å². The highest BCUT2D eigenvalue weighted by Crippen LogP contribution is 2.29. The molecule has 2 N–H and O–H groups in total. The minimum absolute atomic E-state index is 0.158. The maximum atomic E-state index is 13.1. The second-order valence-electron chi connectivity index (χ2n) is 8.44. The van der Waals surface area contributed by atoms with E-state index in [-0.39, 0.29) is 5.82 Å². The third kappa shape index (κ3) is 7.16. The third-order valence-electron chi connectivity index (χ3n) is 6.32. The summed E-state index contributed by atoms with van der Waals surface area (Å²) in [4.78, 5) is 25.8. The second-order valence-corrected chi connectivity index (χ2v) is 8.44. The standard InChI is InChI=1S/C23H30FN3O.C2H2O4/c1-28-23-5-3-2-4-22(23)27-16-14-26(15-17-27)21-10-12-25(13-11-21)18-19-6-8-20(24)9-7-19;3-1(4)2(5)6/h2-9,21H,10-18H2,1H3;(H,3,4)(H,5,6). The summed E-state index contributed by atoms with van der Waals surface area (Å²) >= 11 is 0. The fourth-order valence-corrected chi connectivity index (χ4v) is 4.51. The third-order valence-corrected chi connectivity index (χ3v) is 6.32. The van der Waals surface area contributed by atoms with E-state index in [9.17, 15) is 4.39 Å². The number of carboxylic acid groups (broad SMARTS) is 2. The number of hydrogen-bond acceptors (Lipinski definition) is 6. The zero-order chi connectivity index (χ0) is 24.5. The molecule has 8 nitrogen and oxygen atoms in total. The van der Waals surface area contributed by atoms with Crippen LogP contribution in [0.4, 0.5) is 10.1 Å². The Morgan fingerprint density at radius 1 is 0.912 bits per heavy atom. The van der Waals surface area contributed by atoms with E-state index in [0.717, 1.165) is 51.6 Å². The van der Waals surface area contributed by atoms with E-state index < -0.39 is 11.9 Å². The molecule has 2 aromatic carbocycles. The monoisotopic (exact) mass is 473 g/mol. The molecule has 9 heteroatoms. The fourth-order valence-electron chi connectivity index (χ4n) is 4.51. The Balaban J connectivity index is 0.000000481. The van der Waals surface area contributed by atoms with Crippen molar-refractivity contribution in [3.8, 4) is 5.75 Å². The van der Waals surface area contributed by atoms with Crippen molar-refractivity contribution in [3.05, 3.63) is 59.9 Å². The van der Waals surface area contributed by atoms with Gasteiger partial charge in [-0.05, 0) is 55.8 Å². The van der Waals surface area contributed by atoms with E-state index in [2.05, 4.69) is 26.8 Å². The van der Waals surface area contributed by atoms with Crippen LogP contribution in [-0.4, -0.2) is 84.4 Å². The number of piperidine rings is 1. The molecular weight excluding hydrogens is 441 g/mol. The Hall–Kier alpha value is -3.17. The maximum absolute atomic E-state index is 13.1. The number of para-hydroxylation sites is 2. The number of likely N-dealkylation sites (tertiary alicyclic amines) is 1. The van der Waals surface area contributed by atoms with Crippen molar-refractivity contribution in [2.75, 3.05) is 51.3 Å². The number of anilines is 1. The number of ether oxygens (including phenoxy) is 1. The van der Waals surface area contributed by atoms with Crippen LogP contribution < -0.4 is 9.64 Å². The smallest absolute Gasteiger partial charge is 0.414 e. The van der Waals surface area contributed by atoms with Crippen LogP contribution in [0.25, 0.3) is 0 Å². The van der Waals surface area contributed by atoms with Gasteiger partial charge in [0.2, 0.25) is 0 Å². The van der Waals surface area contributed by atoms with Crippen LogP contribution in [0.1, 0.15) is 18.4 Å². The van der Waals surface area contributed by atoms with Gasteiger partial charge in [0.1, 0.15) is 11.6 Å². The molecule has 0 saturated carbocycles. The van der Waals surface area contributed by atoms with Crippen LogP contribution in [0.15, 0.2) is 48.5 Å². The van der Waals surface area contributed by atoms with Crippen molar-refractivity contribution in [2.45, 2.75) is 25.4 Å². The Morgan fingerprint density at radius 2 is 1.50 bits per heavy atom. The summed E-state index contributed by atoms with van der Waals surface area (Å²) in [6, 6.07) is 15.9. The van der Waals surface area contributed by atoms with Crippen molar-refractivity contribution >= 4 is 17.6 Å². The first-order valence-corrected chi connectivity index (χ1v) is 11.4. The lowest BCUT2D eigenvalue weighted by atomic mass is 10.0. The fraction of sp³-hybridized carbons (Fsp3) is 0.440. The van der Waals surface area contributed by atoms with E-state index in [1.165, 1.54) is 24.1 Å². The lowest BCUT2D eigenvalue weighted by Gasteiger charge is -2.43. The maximum Gasteiger partial charge on any atom is 0.414 e. The molecule has 2 aliphatic rings. The van der Waals surface area contributed by atoms with Gasteiger partial charge >= 0.3 is 11.9 Å². The van der Waals surface area contributed by atoms with E-state index in [1.54, 1.807) is 19.2 Å². The summed E-state index contributed by atoms with van der Waals surface area (Å²) < 4.78 is 18.6. The molecule has 34 heavy (non-hydrogen) atoms. The van der Waals surface area contributed by atoms with Gasteiger partial charge in [-0.25, -0.2) is 14.0 Å². The minimum atomic E-state index is -1.82. The first-order chi connectivity index (χ1) is 16.4. The molecule has 0 radical (unpaired) electrons. The van der Waals surface area contributed by atoms with Gasteiger partial charge in [-0.3, -0.25) is 9.80 Å². The normalized spacial score (nSPS) is 17.5. The predicted molar refractivity (Wildman–Crippen MR) is 127 cm³/mol. The van der Waals surface area contributed by atoms with E-state index in [1.807, 2.05) is 24.3 Å². The first kappa shape index (κ1) is 25.5. The second kappa shape index (κ2) is 12.3. The molecule has 2 saturated heterocycles. The first-order valence-electron chi connectivity index (χ1n) is 11.4. The van der Waals surface area contributed by atoms with Gasteiger partial charge < -0.3 is 19.8 Å². The summed E-state index contributed by atoms with van der Waals surface area (Å²) in [5.74, 6) is -2.84. The molecule has 4 rings (SSSR count). The molecule has 2 fully saturated rings. The quantitative estimate of drug-likeness (QED) is 0.641. The molecule has 0 aliphatic carbocycles. The van der Waals surface area contributed by atoms with Crippen LogP contribution >= 0.6 is 0 Å². The lowest BCUT2D eigenvalue weighted by molar-refractivity contribution is -0.159. The van der Waals surface area contributed by atoms with Crippen molar-refractivity contribution in [1.82, 2.24) is 9.80 Å². The molecule has 0 unspecified atom stereocenters. The van der Waals surface area contributed by atoms with Crippen LogP contribution in [0.2, 0.25) is 0 Å². The van der Waals surface area contributed by atoms with E-state index >= 15 is 0 Å². The summed E-state index contributed by atoms with van der Waals surface area (Å²) in [5, 5.41) is 14.8.